The number of carbonyl (C=O) groups is 2. The van der Waals surface area contributed by atoms with E-state index in [1.807, 2.05) is 51.1 Å². The molecule has 1 saturated carbocycles. The largest absolute Gasteiger partial charge is 0.507 e. The summed E-state index contributed by atoms with van der Waals surface area (Å²) in [6.45, 7) is 6.08. The van der Waals surface area contributed by atoms with Crippen molar-refractivity contribution >= 4 is 17.4 Å². The molecule has 4 rings (SSSR count). The molecule has 1 aliphatic carbocycles. The number of ether oxygens (including phenoxy) is 1. The minimum atomic E-state index is -0.607. The Morgan fingerprint density at radius 2 is 1.78 bits per heavy atom. The molecule has 2 aliphatic rings. The molecule has 0 spiro atoms. The highest BCUT2D eigenvalue weighted by atomic mass is 16.5. The Morgan fingerprint density at radius 3 is 2.41 bits per heavy atom. The molecule has 1 aliphatic heterocycles. The van der Waals surface area contributed by atoms with Crippen molar-refractivity contribution in [1.82, 2.24) is 4.90 Å². The standard InChI is InChI=1S/C27H31NO4/c1-16(2)21-15-18(13-14-22(21)32-4)25(29)23-24(20-12-8-5-9-17(20)3)28(27(31)26(23)30)19-10-6-7-11-19/h5,8-9,12-16,19,24,29H,6-7,10-11H2,1-4H3/b25-23+. The second kappa shape index (κ2) is 8.81. The summed E-state index contributed by atoms with van der Waals surface area (Å²) in [4.78, 5) is 28.2. The Morgan fingerprint density at radius 1 is 1.09 bits per heavy atom. The van der Waals surface area contributed by atoms with Gasteiger partial charge in [0.1, 0.15) is 11.5 Å². The van der Waals surface area contributed by atoms with Crippen molar-refractivity contribution < 1.29 is 19.4 Å². The number of ketones is 1. The highest BCUT2D eigenvalue weighted by Crippen LogP contribution is 2.44. The molecule has 0 aromatic heterocycles. The molecule has 1 unspecified atom stereocenters. The minimum Gasteiger partial charge on any atom is -0.507 e. The Labute approximate surface area is 189 Å². The number of Topliss-reactive ketones (excluding diaryl/α,β-unsaturated/α-hetero) is 1. The average molecular weight is 434 g/mol. The zero-order valence-electron chi connectivity index (χ0n) is 19.2. The maximum Gasteiger partial charge on any atom is 0.295 e. The van der Waals surface area contributed by atoms with E-state index in [1.54, 1.807) is 24.1 Å². The molecule has 0 bridgehead atoms. The molecule has 1 saturated heterocycles. The summed E-state index contributed by atoms with van der Waals surface area (Å²) >= 11 is 0. The van der Waals surface area contributed by atoms with Crippen LogP contribution in [-0.4, -0.2) is 34.8 Å². The number of methoxy groups -OCH3 is 1. The number of carbonyl (C=O) groups excluding carboxylic acids is 2. The summed E-state index contributed by atoms with van der Waals surface area (Å²) in [7, 11) is 1.62. The summed E-state index contributed by atoms with van der Waals surface area (Å²) in [5, 5.41) is 11.4. The number of benzene rings is 2. The number of amides is 1. The molecule has 168 valence electrons. The molecule has 5 heteroatoms. The van der Waals surface area contributed by atoms with Crippen molar-refractivity contribution in [3.8, 4) is 5.75 Å². The molecule has 5 nitrogen and oxygen atoms in total. The van der Waals surface area contributed by atoms with Gasteiger partial charge in [-0.25, -0.2) is 0 Å². The molecule has 2 fully saturated rings. The Kier molecular flexibility index (Phi) is 6.09. The second-order valence-electron chi connectivity index (χ2n) is 9.11. The van der Waals surface area contributed by atoms with E-state index in [0.717, 1.165) is 48.1 Å². The van der Waals surface area contributed by atoms with Gasteiger partial charge in [0.25, 0.3) is 11.7 Å². The third kappa shape index (κ3) is 3.70. The fourth-order valence-electron chi connectivity index (χ4n) is 5.10. The predicted molar refractivity (Wildman–Crippen MR) is 125 cm³/mol. The third-order valence-corrected chi connectivity index (χ3v) is 6.81. The Hall–Kier alpha value is -3.08. The van der Waals surface area contributed by atoms with Crippen LogP contribution in [0, 0.1) is 6.92 Å². The van der Waals surface area contributed by atoms with Crippen LogP contribution < -0.4 is 4.74 Å². The molecule has 1 heterocycles. The second-order valence-corrected chi connectivity index (χ2v) is 9.11. The molecule has 1 atom stereocenters. The first kappa shape index (κ1) is 22.1. The van der Waals surface area contributed by atoms with E-state index in [1.165, 1.54) is 0 Å². The zero-order chi connectivity index (χ0) is 23.0. The van der Waals surface area contributed by atoms with Gasteiger partial charge in [0.2, 0.25) is 0 Å². The van der Waals surface area contributed by atoms with Crippen molar-refractivity contribution in [2.24, 2.45) is 0 Å². The maximum atomic E-state index is 13.3. The molecule has 32 heavy (non-hydrogen) atoms. The number of likely N-dealkylation sites (tertiary alicyclic amines) is 1. The number of nitrogens with zero attached hydrogens (tertiary/aromatic N) is 1. The molecule has 2 aromatic carbocycles. The van der Waals surface area contributed by atoms with Crippen molar-refractivity contribution in [3.05, 3.63) is 70.3 Å². The molecule has 1 N–H and O–H groups in total. The SMILES string of the molecule is COc1ccc(/C(O)=C2\C(=O)C(=O)N(C3CCCC3)C2c2ccccc2C)cc1C(C)C. The smallest absolute Gasteiger partial charge is 0.295 e. The number of hydrogen-bond acceptors (Lipinski definition) is 4. The van der Waals surface area contributed by atoms with Crippen LogP contribution in [0.5, 0.6) is 5.75 Å². The number of aliphatic hydroxyl groups is 1. The molecule has 1 amide bonds. The van der Waals surface area contributed by atoms with Crippen LogP contribution in [0.3, 0.4) is 0 Å². The van der Waals surface area contributed by atoms with Crippen LogP contribution >= 0.6 is 0 Å². The lowest BCUT2D eigenvalue weighted by molar-refractivity contribution is -0.141. The summed E-state index contributed by atoms with van der Waals surface area (Å²) in [5.74, 6) is -0.334. The fourth-order valence-corrected chi connectivity index (χ4v) is 5.10. The van der Waals surface area contributed by atoms with Crippen LogP contribution in [0.15, 0.2) is 48.0 Å². The Bertz CT molecular complexity index is 1080. The average Bonchev–Trinajstić information content (AvgIpc) is 3.40. The first-order chi connectivity index (χ1) is 15.3. The molecular weight excluding hydrogens is 402 g/mol. The van der Waals surface area contributed by atoms with Crippen LogP contribution in [0.4, 0.5) is 0 Å². The van der Waals surface area contributed by atoms with Gasteiger partial charge in [0.05, 0.1) is 18.7 Å². The van der Waals surface area contributed by atoms with Gasteiger partial charge >= 0.3 is 0 Å². The van der Waals surface area contributed by atoms with Gasteiger partial charge in [0.15, 0.2) is 0 Å². The van der Waals surface area contributed by atoms with Gasteiger partial charge < -0.3 is 14.7 Å². The lowest BCUT2D eigenvalue weighted by Crippen LogP contribution is -2.37. The van der Waals surface area contributed by atoms with E-state index in [0.29, 0.717) is 5.56 Å². The van der Waals surface area contributed by atoms with Crippen molar-refractivity contribution in [1.29, 1.82) is 0 Å². The van der Waals surface area contributed by atoms with Gasteiger partial charge in [0, 0.05) is 11.6 Å². The van der Waals surface area contributed by atoms with Crippen molar-refractivity contribution in [3.63, 3.8) is 0 Å². The summed E-state index contributed by atoms with van der Waals surface area (Å²) in [6.07, 6.45) is 3.86. The van der Waals surface area contributed by atoms with E-state index in [9.17, 15) is 14.7 Å². The summed E-state index contributed by atoms with van der Waals surface area (Å²) in [5.41, 5.74) is 3.52. The molecule has 2 aromatic rings. The predicted octanol–water partition coefficient (Wildman–Crippen LogP) is 5.49. The lowest BCUT2D eigenvalue weighted by atomic mass is 9.91. The summed E-state index contributed by atoms with van der Waals surface area (Å²) in [6, 6.07) is 12.6. The molecular formula is C27H31NO4. The van der Waals surface area contributed by atoms with Crippen LogP contribution in [-0.2, 0) is 9.59 Å². The van der Waals surface area contributed by atoms with Crippen molar-refractivity contribution in [2.75, 3.05) is 7.11 Å². The van der Waals surface area contributed by atoms with Gasteiger partial charge in [-0.15, -0.1) is 0 Å². The van der Waals surface area contributed by atoms with E-state index in [2.05, 4.69) is 0 Å². The van der Waals surface area contributed by atoms with Crippen LogP contribution in [0.25, 0.3) is 5.76 Å². The van der Waals surface area contributed by atoms with E-state index in [-0.39, 0.29) is 23.3 Å². The normalized spacial score (nSPS) is 21.0. The Balaban J connectivity index is 1.91. The number of aryl methyl sites for hydroxylation is 1. The third-order valence-electron chi connectivity index (χ3n) is 6.81. The fraction of sp³-hybridized carbons (Fsp3) is 0.407. The topological polar surface area (TPSA) is 66.8 Å². The van der Waals surface area contributed by atoms with Gasteiger partial charge in [-0.2, -0.15) is 0 Å². The van der Waals surface area contributed by atoms with Crippen molar-refractivity contribution in [2.45, 2.75) is 64.5 Å². The number of hydrogen-bond donors (Lipinski definition) is 1. The number of rotatable bonds is 5. The first-order valence-electron chi connectivity index (χ1n) is 11.4. The van der Waals surface area contributed by atoms with E-state index < -0.39 is 17.7 Å². The van der Waals surface area contributed by atoms with E-state index in [4.69, 9.17) is 4.74 Å². The van der Waals surface area contributed by atoms with E-state index >= 15 is 0 Å². The zero-order valence-corrected chi connectivity index (χ0v) is 19.2. The van der Waals surface area contributed by atoms with Crippen LogP contribution in [0.2, 0.25) is 0 Å². The first-order valence-corrected chi connectivity index (χ1v) is 11.4. The maximum absolute atomic E-state index is 13.3. The number of aliphatic hydroxyl groups excluding tert-OH is 1. The minimum absolute atomic E-state index is 0.0171. The van der Waals surface area contributed by atoms with Gasteiger partial charge in [-0.3, -0.25) is 9.59 Å². The quantitative estimate of drug-likeness (QED) is 0.385. The molecule has 0 radical (unpaired) electrons. The highest BCUT2D eigenvalue weighted by Gasteiger charge is 2.49. The summed E-state index contributed by atoms with van der Waals surface area (Å²) < 4.78 is 5.47. The highest BCUT2D eigenvalue weighted by molar-refractivity contribution is 6.46. The van der Waals surface area contributed by atoms with Gasteiger partial charge in [-0.05, 0) is 60.6 Å². The van der Waals surface area contributed by atoms with Gasteiger partial charge in [-0.1, -0.05) is 51.0 Å². The lowest BCUT2D eigenvalue weighted by Gasteiger charge is -2.31. The van der Waals surface area contributed by atoms with Crippen LogP contribution in [0.1, 0.15) is 73.7 Å². The monoisotopic (exact) mass is 433 g/mol.